The lowest BCUT2D eigenvalue weighted by molar-refractivity contribution is -0.116. The highest BCUT2D eigenvalue weighted by molar-refractivity contribution is 7.99. The molecule has 5 nitrogen and oxygen atoms in total. The molecule has 0 aliphatic heterocycles. The number of carbonyl (C=O) groups is 2. The van der Waals surface area contributed by atoms with Gasteiger partial charge >= 0.3 is 6.03 Å². The van der Waals surface area contributed by atoms with Crippen LogP contribution >= 0.6 is 23.4 Å². The van der Waals surface area contributed by atoms with Crippen LogP contribution < -0.4 is 16.4 Å². The molecule has 0 saturated carbocycles. The number of hydrogen-bond donors (Lipinski definition) is 3. The number of primary amides is 1. The van der Waals surface area contributed by atoms with Crippen molar-refractivity contribution in [2.24, 2.45) is 5.73 Å². The first-order valence-corrected chi connectivity index (χ1v) is 8.76. The Balaban J connectivity index is 2.05. The molecule has 4 N–H and O–H groups in total. The average molecular weight is 400 g/mol. The van der Waals surface area contributed by atoms with Crippen LogP contribution in [0.1, 0.15) is 18.0 Å². The second-order valence-electron chi connectivity index (χ2n) is 5.24. The number of carbonyl (C=O) groups excluding carboxylic acids is 2. The van der Waals surface area contributed by atoms with Gasteiger partial charge in [0.15, 0.2) is 0 Å². The highest BCUT2D eigenvalue weighted by atomic mass is 35.5. The molecule has 0 unspecified atom stereocenters. The summed E-state index contributed by atoms with van der Waals surface area (Å²) in [7, 11) is 0. The van der Waals surface area contributed by atoms with Gasteiger partial charge in [0.25, 0.3) is 5.76 Å². The SMILES string of the molecule is NC(=O)N[C@H](CC(=O)Nc1ccc(SC(F)F)cc1)c1ccccc1Cl. The summed E-state index contributed by atoms with van der Waals surface area (Å²) < 4.78 is 24.6. The predicted molar refractivity (Wildman–Crippen MR) is 98.5 cm³/mol. The fourth-order valence-electron chi connectivity index (χ4n) is 2.29. The summed E-state index contributed by atoms with van der Waals surface area (Å²) in [6, 6.07) is 11.3. The molecule has 0 aromatic heterocycles. The van der Waals surface area contributed by atoms with Gasteiger partial charge in [-0.25, -0.2) is 4.79 Å². The predicted octanol–water partition coefficient (Wildman–Crippen LogP) is 4.39. The Hall–Kier alpha value is -2.32. The minimum Gasteiger partial charge on any atom is -0.352 e. The van der Waals surface area contributed by atoms with E-state index in [2.05, 4.69) is 10.6 Å². The van der Waals surface area contributed by atoms with Crippen molar-refractivity contribution in [2.75, 3.05) is 5.32 Å². The number of thioether (sulfide) groups is 1. The van der Waals surface area contributed by atoms with Gasteiger partial charge in [-0.15, -0.1) is 0 Å². The zero-order valence-corrected chi connectivity index (χ0v) is 15.0. The third kappa shape index (κ3) is 6.20. The number of amides is 3. The second-order valence-corrected chi connectivity index (χ2v) is 6.71. The van der Waals surface area contributed by atoms with Crippen LogP contribution in [0.3, 0.4) is 0 Å². The van der Waals surface area contributed by atoms with E-state index in [-0.39, 0.29) is 6.42 Å². The molecule has 26 heavy (non-hydrogen) atoms. The summed E-state index contributed by atoms with van der Waals surface area (Å²) in [5, 5.41) is 5.53. The van der Waals surface area contributed by atoms with E-state index in [4.69, 9.17) is 17.3 Å². The van der Waals surface area contributed by atoms with E-state index in [1.54, 1.807) is 24.3 Å². The van der Waals surface area contributed by atoms with Crippen molar-refractivity contribution in [1.29, 1.82) is 0 Å². The normalized spacial score (nSPS) is 11.8. The summed E-state index contributed by atoms with van der Waals surface area (Å²) >= 11 is 6.54. The molecule has 1 atom stereocenters. The first-order valence-electron chi connectivity index (χ1n) is 7.50. The van der Waals surface area contributed by atoms with E-state index in [1.165, 1.54) is 24.3 Å². The smallest absolute Gasteiger partial charge is 0.312 e. The van der Waals surface area contributed by atoms with Crippen molar-refractivity contribution < 1.29 is 18.4 Å². The number of anilines is 1. The third-order valence-electron chi connectivity index (χ3n) is 3.35. The molecule has 0 heterocycles. The molecule has 3 amide bonds. The van der Waals surface area contributed by atoms with Gasteiger partial charge in [-0.3, -0.25) is 4.79 Å². The number of alkyl halides is 2. The topological polar surface area (TPSA) is 84.2 Å². The van der Waals surface area contributed by atoms with Crippen LogP contribution in [0, 0.1) is 0 Å². The first-order chi connectivity index (χ1) is 12.3. The lowest BCUT2D eigenvalue weighted by Crippen LogP contribution is -2.35. The molecular formula is C17H16ClF2N3O2S. The zero-order chi connectivity index (χ0) is 19.1. The molecule has 138 valence electrons. The van der Waals surface area contributed by atoms with Crippen molar-refractivity contribution in [3.05, 3.63) is 59.1 Å². The van der Waals surface area contributed by atoms with Crippen LogP contribution in [0.15, 0.2) is 53.4 Å². The molecule has 0 radical (unpaired) electrons. The summed E-state index contributed by atoms with van der Waals surface area (Å²) in [6.45, 7) is 0. The largest absolute Gasteiger partial charge is 0.352 e. The summed E-state index contributed by atoms with van der Waals surface area (Å²) in [5.74, 6) is -2.90. The van der Waals surface area contributed by atoms with Crippen molar-refractivity contribution in [3.8, 4) is 0 Å². The van der Waals surface area contributed by atoms with E-state index in [0.29, 0.717) is 32.9 Å². The van der Waals surface area contributed by atoms with E-state index in [1.807, 2.05) is 0 Å². The summed E-state index contributed by atoms with van der Waals surface area (Å²) in [6.07, 6.45) is -0.0970. The van der Waals surface area contributed by atoms with Gasteiger partial charge in [-0.2, -0.15) is 8.78 Å². The fourth-order valence-corrected chi connectivity index (χ4v) is 3.05. The lowest BCUT2D eigenvalue weighted by atomic mass is 10.0. The number of hydrogen-bond acceptors (Lipinski definition) is 3. The Morgan fingerprint density at radius 2 is 1.77 bits per heavy atom. The highest BCUT2D eigenvalue weighted by Gasteiger charge is 2.20. The van der Waals surface area contributed by atoms with Crippen molar-refractivity contribution >= 4 is 41.0 Å². The molecule has 9 heteroatoms. The minimum atomic E-state index is -2.51. The van der Waals surface area contributed by atoms with Gasteiger partial charge in [0.2, 0.25) is 5.91 Å². The van der Waals surface area contributed by atoms with Crippen LogP contribution in [0.2, 0.25) is 5.02 Å². The third-order valence-corrected chi connectivity index (χ3v) is 4.42. The van der Waals surface area contributed by atoms with E-state index in [9.17, 15) is 18.4 Å². The Labute approximate surface area is 158 Å². The second kappa shape index (κ2) is 9.40. The van der Waals surface area contributed by atoms with Crippen molar-refractivity contribution in [2.45, 2.75) is 23.1 Å². The molecule has 2 aromatic carbocycles. The molecule has 0 aliphatic carbocycles. The fraction of sp³-hybridized carbons (Fsp3) is 0.176. The first kappa shape index (κ1) is 20.0. The van der Waals surface area contributed by atoms with Crippen LogP contribution in [-0.2, 0) is 4.79 Å². The van der Waals surface area contributed by atoms with Crippen LogP contribution in [0.25, 0.3) is 0 Å². The molecule has 0 spiro atoms. The van der Waals surface area contributed by atoms with Gasteiger partial charge < -0.3 is 16.4 Å². The lowest BCUT2D eigenvalue weighted by Gasteiger charge is -2.19. The molecule has 0 bridgehead atoms. The van der Waals surface area contributed by atoms with Gasteiger partial charge in [-0.05, 0) is 35.9 Å². The Bertz CT molecular complexity index is 775. The number of benzene rings is 2. The van der Waals surface area contributed by atoms with Crippen LogP contribution in [0.4, 0.5) is 19.3 Å². The van der Waals surface area contributed by atoms with E-state index >= 15 is 0 Å². The number of urea groups is 1. The van der Waals surface area contributed by atoms with Crippen molar-refractivity contribution in [3.63, 3.8) is 0 Å². The highest BCUT2D eigenvalue weighted by Crippen LogP contribution is 2.27. The Morgan fingerprint density at radius 3 is 2.35 bits per heavy atom. The zero-order valence-electron chi connectivity index (χ0n) is 13.4. The molecule has 0 saturated heterocycles. The van der Waals surface area contributed by atoms with Crippen molar-refractivity contribution in [1.82, 2.24) is 5.32 Å². The summed E-state index contributed by atoms with van der Waals surface area (Å²) in [5.41, 5.74) is 6.19. The Kier molecular flexibility index (Phi) is 7.23. The minimum absolute atomic E-state index is 0.0970. The molecule has 2 rings (SSSR count). The maximum absolute atomic E-state index is 12.3. The van der Waals surface area contributed by atoms with Gasteiger partial charge in [0, 0.05) is 15.6 Å². The average Bonchev–Trinajstić information content (AvgIpc) is 2.55. The van der Waals surface area contributed by atoms with Gasteiger partial charge in [-0.1, -0.05) is 41.6 Å². The number of nitrogens with two attached hydrogens (primary N) is 1. The maximum atomic E-state index is 12.3. The molecular weight excluding hydrogens is 384 g/mol. The van der Waals surface area contributed by atoms with Gasteiger partial charge in [0.1, 0.15) is 0 Å². The summed E-state index contributed by atoms with van der Waals surface area (Å²) in [4.78, 5) is 23.9. The van der Waals surface area contributed by atoms with E-state index < -0.39 is 23.7 Å². The van der Waals surface area contributed by atoms with Gasteiger partial charge in [0.05, 0.1) is 12.5 Å². The number of rotatable bonds is 7. The Morgan fingerprint density at radius 1 is 1.12 bits per heavy atom. The van der Waals surface area contributed by atoms with Crippen LogP contribution in [0.5, 0.6) is 0 Å². The molecule has 0 aliphatic rings. The number of halogens is 3. The molecule has 2 aromatic rings. The standard InChI is InChI=1S/C17H16ClF2N3O2S/c18-13-4-2-1-3-12(13)14(23-17(21)25)9-15(24)22-10-5-7-11(8-6-10)26-16(19)20/h1-8,14,16H,9H2,(H,22,24)(H3,21,23,25)/t14-/m1/s1. The monoisotopic (exact) mass is 399 g/mol. The maximum Gasteiger partial charge on any atom is 0.312 e. The van der Waals surface area contributed by atoms with E-state index in [0.717, 1.165) is 0 Å². The van der Waals surface area contributed by atoms with Crippen LogP contribution in [-0.4, -0.2) is 17.7 Å². The molecule has 0 fully saturated rings. The quantitative estimate of drug-likeness (QED) is 0.603. The number of nitrogens with one attached hydrogen (secondary N) is 2.